The van der Waals surface area contributed by atoms with E-state index in [1.54, 1.807) is 0 Å². The molecule has 1 saturated carbocycles. The Morgan fingerprint density at radius 2 is 2.05 bits per heavy atom. The lowest BCUT2D eigenvalue weighted by Crippen LogP contribution is -2.20. The maximum atomic E-state index is 14.1. The van der Waals surface area contributed by atoms with E-state index in [0.717, 1.165) is 24.5 Å². The lowest BCUT2D eigenvalue weighted by molar-refractivity contribution is 0.0705. The summed E-state index contributed by atoms with van der Waals surface area (Å²) in [7, 11) is 0. The van der Waals surface area contributed by atoms with Gasteiger partial charge in [-0.2, -0.15) is 0 Å². The van der Waals surface area contributed by atoms with Crippen LogP contribution in [0.15, 0.2) is 42.6 Å². The first-order chi connectivity index (χ1) is 10.7. The zero-order valence-electron chi connectivity index (χ0n) is 11.8. The Labute approximate surface area is 127 Å². The van der Waals surface area contributed by atoms with Gasteiger partial charge in [0.25, 0.3) is 5.91 Å². The number of rotatable bonds is 5. The summed E-state index contributed by atoms with van der Waals surface area (Å²) >= 11 is 0. The molecule has 1 heterocycles. The van der Waals surface area contributed by atoms with Gasteiger partial charge in [-0.25, -0.2) is 14.9 Å². The van der Waals surface area contributed by atoms with Crippen LogP contribution in [0.4, 0.5) is 10.2 Å². The topological polar surface area (TPSA) is 74.2 Å². The summed E-state index contributed by atoms with van der Waals surface area (Å²) in [4.78, 5) is 15.2. The van der Waals surface area contributed by atoms with E-state index in [0.29, 0.717) is 5.92 Å². The van der Waals surface area contributed by atoms with Crippen molar-refractivity contribution in [2.24, 2.45) is 5.92 Å². The average Bonchev–Trinajstić information content (AvgIpc) is 3.38. The van der Waals surface area contributed by atoms with Gasteiger partial charge in [-0.15, -0.1) is 0 Å². The molecule has 114 valence electrons. The molecular formula is C16H16FN3O2. The Kier molecular flexibility index (Phi) is 4.02. The first-order valence-electron chi connectivity index (χ1n) is 7.10. The van der Waals surface area contributed by atoms with E-state index in [2.05, 4.69) is 10.3 Å². The van der Waals surface area contributed by atoms with Crippen molar-refractivity contribution < 1.29 is 14.4 Å². The van der Waals surface area contributed by atoms with Crippen LogP contribution in [0.25, 0.3) is 0 Å². The van der Waals surface area contributed by atoms with Gasteiger partial charge in [0.1, 0.15) is 0 Å². The Morgan fingerprint density at radius 1 is 1.32 bits per heavy atom. The normalized spacial score (nSPS) is 15.2. The second-order valence-corrected chi connectivity index (χ2v) is 5.37. The van der Waals surface area contributed by atoms with Crippen LogP contribution in [-0.4, -0.2) is 16.1 Å². The number of carbonyl (C=O) groups is 1. The molecule has 22 heavy (non-hydrogen) atoms. The summed E-state index contributed by atoms with van der Waals surface area (Å²) in [5.74, 6) is -0.846. The number of carbonyl (C=O) groups excluding carboxylic acids is 1. The van der Waals surface area contributed by atoms with Gasteiger partial charge in [0.15, 0.2) is 11.6 Å². The molecule has 5 nitrogen and oxygen atoms in total. The summed E-state index contributed by atoms with van der Waals surface area (Å²) in [6, 6.07) is 10.9. The van der Waals surface area contributed by atoms with E-state index in [9.17, 15) is 9.18 Å². The van der Waals surface area contributed by atoms with E-state index in [4.69, 9.17) is 5.21 Å². The highest BCUT2D eigenvalue weighted by Gasteiger charge is 2.33. The first kappa shape index (κ1) is 14.5. The SMILES string of the molecule is O=C(NO)c1cnc(N[C@H](c2ccccc2)C2CC2)c(F)c1. The zero-order valence-corrected chi connectivity index (χ0v) is 11.8. The monoisotopic (exact) mass is 301 g/mol. The number of amides is 1. The molecule has 2 aromatic rings. The molecule has 1 aromatic carbocycles. The van der Waals surface area contributed by atoms with Gasteiger partial charge in [-0.1, -0.05) is 30.3 Å². The second-order valence-electron chi connectivity index (χ2n) is 5.37. The predicted octanol–water partition coefficient (Wildman–Crippen LogP) is 2.90. The number of hydrogen-bond donors (Lipinski definition) is 3. The lowest BCUT2D eigenvalue weighted by atomic mass is 10.0. The fourth-order valence-electron chi connectivity index (χ4n) is 2.44. The van der Waals surface area contributed by atoms with Crippen LogP contribution in [-0.2, 0) is 0 Å². The number of hydrogen-bond acceptors (Lipinski definition) is 4. The molecule has 3 rings (SSSR count). The van der Waals surface area contributed by atoms with Gasteiger partial charge in [-0.3, -0.25) is 10.0 Å². The maximum Gasteiger partial charge on any atom is 0.276 e. The number of halogens is 1. The van der Waals surface area contributed by atoms with Crippen molar-refractivity contribution in [2.45, 2.75) is 18.9 Å². The third-order valence-corrected chi connectivity index (χ3v) is 3.75. The molecule has 0 bridgehead atoms. The highest BCUT2D eigenvalue weighted by molar-refractivity contribution is 5.93. The van der Waals surface area contributed by atoms with Crippen LogP contribution in [0.3, 0.4) is 0 Å². The van der Waals surface area contributed by atoms with Gasteiger partial charge in [-0.05, 0) is 30.4 Å². The smallest absolute Gasteiger partial charge is 0.276 e. The summed E-state index contributed by atoms with van der Waals surface area (Å²) in [6.45, 7) is 0. The minimum Gasteiger partial charge on any atom is -0.361 e. The van der Waals surface area contributed by atoms with Crippen molar-refractivity contribution in [3.05, 3.63) is 59.5 Å². The van der Waals surface area contributed by atoms with Gasteiger partial charge < -0.3 is 5.32 Å². The summed E-state index contributed by atoms with van der Waals surface area (Å²) in [5, 5.41) is 11.7. The fraction of sp³-hybridized carbons (Fsp3) is 0.250. The number of pyridine rings is 1. The zero-order chi connectivity index (χ0) is 15.5. The predicted molar refractivity (Wildman–Crippen MR) is 79.0 cm³/mol. The van der Waals surface area contributed by atoms with Crippen molar-refractivity contribution in [1.29, 1.82) is 0 Å². The summed E-state index contributed by atoms with van der Waals surface area (Å²) in [5.41, 5.74) is 2.51. The van der Waals surface area contributed by atoms with Crippen LogP contribution in [0.1, 0.15) is 34.8 Å². The number of anilines is 1. The lowest BCUT2D eigenvalue weighted by Gasteiger charge is -2.19. The Bertz CT molecular complexity index is 674. The van der Waals surface area contributed by atoms with E-state index in [1.165, 1.54) is 11.7 Å². The van der Waals surface area contributed by atoms with Crippen LogP contribution in [0.5, 0.6) is 0 Å². The van der Waals surface area contributed by atoms with Crippen LogP contribution >= 0.6 is 0 Å². The second kappa shape index (κ2) is 6.11. The molecule has 1 aliphatic rings. The molecule has 0 spiro atoms. The minimum atomic E-state index is -0.792. The standard InChI is InChI=1S/C16H16FN3O2/c17-13-8-12(16(21)20-22)9-18-15(13)19-14(11-6-7-11)10-4-2-1-3-5-10/h1-5,8-9,11,14,22H,6-7H2,(H,18,19)(H,20,21)/t14-/m1/s1. The summed E-state index contributed by atoms with van der Waals surface area (Å²) in [6.07, 6.45) is 3.42. The molecule has 1 aromatic heterocycles. The number of aromatic nitrogens is 1. The third-order valence-electron chi connectivity index (χ3n) is 3.75. The molecule has 3 N–H and O–H groups in total. The fourth-order valence-corrected chi connectivity index (χ4v) is 2.44. The first-order valence-corrected chi connectivity index (χ1v) is 7.10. The Hall–Kier alpha value is -2.47. The van der Waals surface area contributed by atoms with Crippen molar-refractivity contribution >= 4 is 11.7 Å². The van der Waals surface area contributed by atoms with Crippen LogP contribution < -0.4 is 10.8 Å². The van der Waals surface area contributed by atoms with Crippen molar-refractivity contribution in [3.63, 3.8) is 0 Å². The molecule has 0 radical (unpaired) electrons. The average molecular weight is 301 g/mol. The molecule has 0 unspecified atom stereocenters. The van der Waals surface area contributed by atoms with Gasteiger partial charge in [0, 0.05) is 6.20 Å². The Morgan fingerprint density at radius 3 is 2.64 bits per heavy atom. The summed E-state index contributed by atoms with van der Waals surface area (Å²) < 4.78 is 14.1. The van der Waals surface area contributed by atoms with Gasteiger partial charge >= 0.3 is 0 Å². The number of nitrogens with one attached hydrogen (secondary N) is 2. The third kappa shape index (κ3) is 3.07. The quantitative estimate of drug-likeness (QED) is 0.586. The minimum absolute atomic E-state index is 0.000665. The number of benzene rings is 1. The highest BCUT2D eigenvalue weighted by atomic mass is 19.1. The molecule has 6 heteroatoms. The number of hydroxylamine groups is 1. The largest absolute Gasteiger partial charge is 0.361 e. The molecule has 1 aliphatic carbocycles. The number of nitrogens with zero attached hydrogens (tertiary/aromatic N) is 1. The van der Waals surface area contributed by atoms with E-state index < -0.39 is 11.7 Å². The van der Waals surface area contributed by atoms with Crippen molar-refractivity contribution in [2.75, 3.05) is 5.32 Å². The van der Waals surface area contributed by atoms with Crippen LogP contribution in [0, 0.1) is 11.7 Å². The maximum absolute atomic E-state index is 14.1. The molecule has 0 saturated heterocycles. The molecule has 0 aliphatic heterocycles. The Balaban J connectivity index is 1.83. The molecule has 1 atom stereocenters. The van der Waals surface area contributed by atoms with E-state index in [1.807, 2.05) is 30.3 Å². The van der Waals surface area contributed by atoms with Crippen LogP contribution in [0.2, 0.25) is 0 Å². The van der Waals surface area contributed by atoms with E-state index >= 15 is 0 Å². The highest BCUT2D eigenvalue weighted by Crippen LogP contribution is 2.42. The molecular weight excluding hydrogens is 285 g/mol. The molecule has 1 fully saturated rings. The van der Waals surface area contributed by atoms with Gasteiger partial charge in [0.05, 0.1) is 11.6 Å². The van der Waals surface area contributed by atoms with Crippen molar-refractivity contribution in [1.82, 2.24) is 10.5 Å². The van der Waals surface area contributed by atoms with E-state index in [-0.39, 0.29) is 17.4 Å². The molecule has 1 amide bonds. The van der Waals surface area contributed by atoms with Gasteiger partial charge in [0.2, 0.25) is 0 Å². The van der Waals surface area contributed by atoms with Crippen molar-refractivity contribution in [3.8, 4) is 0 Å².